The Morgan fingerprint density at radius 2 is 2.06 bits per heavy atom. The van der Waals surface area contributed by atoms with Gasteiger partial charge in [-0.25, -0.2) is 0 Å². The van der Waals surface area contributed by atoms with Crippen molar-refractivity contribution in [1.29, 1.82) is 0 Å². The van der Waals surface area contributed by atoms with Crippen LogP contribution in [-0.2, 0) is 0 Å². The van der Waals surface area contributed by atoms with E-state index in [9.17, 15) is 5.11 Å². The third-order valence-corrected chi connectivity index (χ3v) is 3.55. The number of para-hydroxylation sites is 1. The first-order valence-electron chi connectivity index (χ1n) is 6.16. The molecule has 0 heterocycles. The second-order valence-corrected chi connectivity index (χ2v) is 4.91. The molecule has 0 saturated heterocycles. The van der Waals surface area contributed by atoms with E-state index in [0.29, 0.717) is 0 Å². The number of hydrogen-bond acceptors (Lipinski definition) is 2. The molecule has 0 bridgehead atoms. The van der Waals surface area contributed by atoms with Gasteiger partial charge in [-0.05, 0) is 31.7 Å². The van der Waals surface area contributed by atoms with Gasteiger partial charge in [0.25, 0.3) is 0 Å². The van der Waals surface area contributed by atoms with Crippen molar-refractivity contribution >= 4 is 5.69 Å². The first-order chi connectivity index (χ1) is 7.68. The normalized spacial score (nSPS) is 17.9. The molecule has 0 unspecified atom stereocenters. The first kappa shape index (κ1) is 11.5. The average Bonchev–Trinajstić information content (AvgIpc) is 2.23. The molecule has 0 aliphatic heterocycles. The Morgan fingerprint density at radius 3 is 2.62 bits per heavy atom. The Morgan fingerprint density at radius 1 is 1.38 bits per heavy atom. The van der Waals surface area contributed by atoms with Gasteiger partial charge in [0, 0.05) is 24.8 Å². The van der Waals surface area contributed by atoms with Gasteiger partial charge >= 0.3 is 0 Å². The number of nitrogens with zero attached hydrogens (tertiary/aromatic N) is 1. The Bertz CT molecular complexity index is 344. The first-order valence-corrected chi connectivity index (χ1v) is 6.16. The van der Waals surface area contributed by atoms with Crippen LogP contribution in [0.1, 0.15) is 37.9 Å². The van der Waals surface area contributed by atoms with E-state index in [0.717, 1.165) is 18.0 Å². The number of benzene rings is 1. The highest BCUT2D eigenvalue weighted by Gasteiger charge is 2.20. The molecule has 88 valence electrons. The van der Waals surface area contributed by atoms with Crippen molar-refractivity contribution in [3.8, 4) is 0 Å². The smallest absolute Gasteiger partial charge is 0.0781 e. The maximum Gasteiger partial charge on any atom is 0.0781 e. The Balaban J connectivity index is 2.11. The lowest BCUT2D eigenvalue weighted by Gasteiger charge is -2.32. The predicted octanol–water partition coefficient (Wildman–Crippen LogP) is 2.98. The molecule has 0 spiro atoms. The van der Waals surface area contributed by atoms with Gasteiger partial charge in [0.2, 0.25) is 0 Å². The summed E-state index contributed by atoms with van der Waals surface area (Å²) in [6.45, 7) is 2.94. The van der Waals surface area contributed by atoms with E-state index in [1.807, 2.05) is 25.1 Å². The Hall–Kier alpha value is -1.02. The van der Waals surface area contributed by atoms with Crippen LogP contribution in [0.15, 0.2) is 24.3 Å². The maximum absolute atomic E-state index is 9.73. The highest BCUT2D eigenvalue weighted by Crippen LogP contribution is 2.31. The molecular formula is C14H21NO. The second-order valence-electron chi connectivity index (χ2n) is 4.91. The maximum atomic E-state index is 9.73. The van der Waals surface area contributed by atoms with Crippen molar-refractivity contribution in [1.82, 2.24) is 0 Å². The lowest BCUT2D eigenvalue weighted by atomic mass is 9.85. The Kier molecular flexibility index (Phi) is 3.49. The van der Waals surface area contributed by atoms with Crippen LogP contribution in [0.3, 0.4) is 0 Å². The summed E-state index contributed by atoms with van der Waals surface area (Å²) >= 11 is 0. The topological polar surface area (TPSA) is 23.5 Å². The number of aliphatic hydroxyl groups excluding tert-OH is 1. The fourth-order valence-corrected chi connectivity index (χ4v) is 2.35. The molecule has 0 aromatic heterocycles. The van der Waals surface area contributed by atoms with Crippen LogP contribution in [0.2, 0.25) is 0 Å². The lowest BCUT2D eigenvalue weighted by Crippen LogP contribution is -2.30. The zero-order valence-corrected chi connectivity index (χ0v) is 10.2. The fraction of sp³-hybridized carbons (Fsp3) is 0.571. The third kappa shape index (κ3) is 2.38. The molecule has 2 rings (SSSR count). The average molecular weight is 219 g/mol. The highest BCUT2D eigenvalue weighted by molar-refractivity contribution is 5.54. The van der Waals surface area contributed by atoms with Crippen molar-refractivity contribution in [2.24, 2.45) is 5.92 Å². The van der Waals surface area contributed by atoms with Gasteiger partial charge in [0.05, 0.1) is 6.10 Å². The van der Waals surface area contributed by atoms with Crippen molar-refractivity contribution in [2.45, 2.75) is 32.3 Å². The van der Waals surface area contributed by atoms with Crippen molar-refractivity contribution < 1.29 is 5.11 Å². The molecule has 1 aliphatic carbocycles. The highest BCUT2D eigenvalue weighted by atomic mass is 16.3. The quantitative estimate of drug-likeness (QED) is 0.841. The summed E-state index contributed by atoms with van der Waals surface area (Å²) in [6.07, 6.45) is 3.72. The molecule has 1 aromatic carbocycles. The summed E-state index contributed by atoms with van der Waals surface area (Å²) in [5.74, 6) is 0.854. The molecule has 2 heteroatoms. The van der Waals surface area contributed by atoms with Gasteiger partial charge in [-0.2, -0.15) is 0 Å². The number of hydrogen-bond donors (Lipinski definition) is 1. The van der Waals surface area contributed by atoms with Gasteiger partial charge < -0.3 is 10.0 Å². The monoisotopic (exact) mass is 219 g/mol. The molecule has 1 aromatic rings. The van der Waals surface area contributed by atoms with E-state index in [1.54, 1.807) is 0 Å². The van der Waals surface area contributed by atoms with Gasteiger partial charge in [-0.3, -0.25) is 0 Å². The van der Waals surface area contributed by atoms with Crippen LogP contribution >= 0.6 is 0 Å². The van der Waals surface area contributed by atoms with E-state index in [1.165, 1.54) is 24.9 Å². The largest absolute Gasteiger partial charge is 0.389 e. The molecule has 1 fully saturated rings. The second kappa shape index (κ2) is 4.88. The number of anilines is 1. The van der Waals surface area contributed by atoms with Crippen LogP contribution in [0.25, 0.3) is 0 Å². The van der Waals surface area contributed by atoms with Crippen molar-refractivity contribution in [3.63, 3.8) is 0 Å². The zero-order valence-electron chi connectivity index (χ0n) is 10.2. The van der Waals surface area contributed by atoms with Gasteiger partial charge in [0.15, 0.2) is 0 Å². The molecule has 1 atom stereocenters. The van der Waals surface area contributed by atoms with Crippen molar-refractivity contribution in [3.05, 3.63) is 29.8 Å². The standard InChI is InChI=1S/C14H21NO/c1-11(16)13-8-3-4-9-14(13)15(2)10-12-6-5-7-12/h3-4,8-9,11-12,16H,5-7,10H2,1-2H3/t11-/m1/s1. The van der Waals surface area contributed by atoms with E-state index in [4.69, 9.17) is 0 Å². The molecule has 16 heavy (non-hydrogen) atoms. The zero-order chi connectivity index (χ0) is 11.5. The summed E-state index contributed by atoms with van der Waals surface area (Å²) < 4.78 is 0. The van der Waals surface area contributed by atoms with Gasteiger partial charge in [-0.1, -0.05) is 24.6 Å². The minimum atomic E-state index is -0.389. The summed E-state index contributed by atoms with van der Waals surface area (Å²) in [5, 5.41) is 9.73. The van der Waals surface area contributed by atoms with Crippen LogP contribution < -0.4 is 4.90 Å². The van der Waals surface area contributed by atoms with E-state index >= 15 is 0 Å². The molecule has 0 amide bonds. The van der Waals surface area contributed by atoms with Crippen LogP contribution in [0.4, 0.5) is 5.69 Å². The predicted molar refractivity (Wildman–Crippen MR) is 67.7 cm³/mol. The summed E-state index contributed by atoms with van der Waals surface area (Å²) in [4.78, 5) is 2.28. The van der Waals surface area contributed by atoms with Gasteiger partial charge in [0.1, 0.15) is 0 Å². The Labute approximate surface area is 97.9 Å². The number of aliphatic hydroxyl groups is 1. The molecule has 1 aliphatic rings. The molecule has 1 saturated carbocycles. The minimum Gasteiger partial charge on any atom is -0.389 e. The molecule has 0 radical (unpaired) electrons. The van der Waals surface area contributed by atoms with Gasteiger partial charge in [-0.15, -0.1) is 0 Å². The van der Waals surface area contributed by atoms with Crippen LogP contribution in [0, 0.1) is 5.92 Å². The SMILES string of the molecule is C[C@@H](O)c1ccccc1N(C)CC1CCC1. The molecule has 1 N–H and O–H groups in total. The lowest BCUT2D eigenvalue weighted by molar-refractivity contribution is 0.199. The van der Waals surface area contributed by atoms with E-state index < -0.39 is 0 Å². The van der Waals surface area contributed by atoms with Crippen LogP contribution in [-0.4, -0.2) is 18.7 Å². The van der Waals surface area contributed by atoms with E-state index in [-0.39, 0.29) is 6.10 Å². The van der Waals surface area contributed by atoms with Crippen LogP contribution in [0.5, 0.6) is 0 Å². The molecular weight excluding hydrogens is 198 g/mol. The number of rotatable bonds is 4. The minimum absolute atomic E-state index is 0.389. The summed E-state index contributed by atoms with van der Waals surface area (Å²) in [6, 6.07) is 8.14. The van der Waals surface area contributed by atoms with E-state index in [2.05, 4.69) is 18.0 Å². The summed E-state index contributed by atoms with van der Waals surface area (Å²) in [5.41, 5.74) is 2.20. The third-order valence-electron chi connectivity index (χ3n) is 3.55. The van der Waals surface area contributed by atoms with Crippen molar-refractivity contribution in [2.75, 3.05) is 18.5 Å². The fourth-order valence-electron chi connectivity index (χ4n) is 2.35. The summed E-state index contributed by atoms with van der Waals surface area (Å²) in [7, 11) is 2.12. The molecule has 2 nitrogen and oxygen atoms in total.